The van der Waals surface area contributed by atoms with Gasteiger partial charge in [0.05, 0.1) is 16.6 Å². The Morgan fingerprint density at radius 1 is 0.452 bits per heavy atom. The third-order valence-electron chi connectivity index (χ3n) is 7.23. The first-order chi connectivity index (χ1) is 15.3. The Kier molecular flexibility index (Phi) is 2.62. The van der Waals surface area contributed by atoms with Crippen LogP contribution in [0.5, 0.6) is 0 Å². The van der Waals surface area contributed by atoms with E-state index in [-0.39, 0.29) is 0 Å². The number of hydrogen-bond donors (Lipinski definition) is 0. The van der Waals surface area contributed by atoms with Gasteiger partial charge in [0, 0.05) is 55.8 Å². The van der Waals surface area contributed by atoms with Gasteiger partial charge >= 0.3 is 0 Å². The molecule has 31 heavy (non-hydrogen) atoms. The first kappa shape index (κ1) is 15.8. The minimum atomic E-state index is 1.28. The smallest absolute Gasteiger partial charge is 0.0620 e. The molecule has 0 aliphatic rings. The number of aryl methyl sites for hydroxylation is 1. The predicted octanol–water partition coefficient (Wildman–Crippen LogP) is 7.63. The van der Waals surface area contributed by atoms with Crippen LogP contribution in [0, 0.1) is 0 Å². The molecule has 2 heteroatoms. The Morgan fingerprint density at radius 2 is 1.06 bits per heavy atom. The van der Waals surface area contributed by atoms with Crippen LogP contribution < -0.4 is 0 Å². The average molecular weight is 394 g/mol. The van der Waals surface area contributed by atoms with Gasteiger partial charge in [0.25, 0.3) is 0 Å². The molecule has 3 heterocycles. The van der Waals surface area contributed by atoms with Gasteiger partial charge in [-0.1, -0.05) is 66.7 Å². The van der Waals surface area contributed by atoms with Crippen LogP contribution in [0.3, 0.4) is 0 Å². The van der Waals surface area contributed by atoms with Crippen molar-refractivity contribution in [1.82, 2.24) is 8.97 Å². The fraction of sp³-hybridized carbons (Fsp3) is 0.0345. The Hall–Kier alpha value is -4.04. The SMILES string of the molecule is Cn1c2ccccc2c2cc3ccc4c5cccc6c7ccccc7n(c4c3cc21)c65. The van der Waals surface area contributed by atoms with Crippen molar-refractivity contribution in [3.63, 3.8) is 0 Å². The summed E-state index contributed by atoms with van der Waals surface area (Å²) in [6, 6.07) is 33.6. The maximum absolute atomic E-state index is 2.49. The van der Waals surface area contributed by atoms with E-state index in [0.29, 0.717) is 0 Å². The fourth-order valence-electron chi connectivity index (χ4n) is 5.89. The molecule has 3 aromatic heterocycles. The first-order valence-electron chi connectivity index (χ1n) is 10.8. The lowest BCUT2D eigenvalue weighted by Gasteiger charge is -2.05. The molecule has 0 spiro atoms. The van der Waals surface area contributed by atoms with Crippen LogP contribution in [0.15, 0.2) is 91.0 Å². The van der Waals surface area contributed by atoms with Crippen molar-refractivity contribution >= 4 is 70.7 Å². The standard InChI is InChI=1S/C29H18N2/c1-30-25-11-4-2-8-19(25)24-15-17-13-14-22-21-10-6-9-20-18-7-3-5-12-26(18)31(28(20)21)29(22)23(17)16-27(24)30/h2-16H,1H3. The highest BCUT2D eigenvalue weighted by Crippen LogP contribution is 2.42. The normalized spacial score (nSPS) is 12.7. The van der Waals surface area contributed by atoms with Crippen LogP contribution in [0.4, 0.5) is 0 Å². The second kappa shape index (κ2) is 5.16. The quantitative estimate of drug-likeness (QED) is 0.250. The van der Waals surface area contributed by atoms with E-state index in [9.17, 15) is 0 Å². The molecule has 0 aliphatic heterocycles. The molecule has 0 unspecified atom stereocenters. The van der Waals surface area contributed by atoms with Crippen molar-refractivity contribution in [3.8, 4) is 0 Å². The Bertz CT molecular complexity index is 2000. The summed E-state index contributed by atoms with van der Waals surface area (Å²) in [5.41, 5.74) is 6.50. The van der Waals surface area contributed by atoms with Crippen molar-refractivity contribution in [2.45, 2.75) is 0 Å². The van der Waals surface area contributed by atoms with Crippen molar-refractivity contribution in [2.75, 3.05) is 0 Å². The molecule has 0 bridgehead atoms. The first-order valence-corrected chi connectivity index (χ1v) is 10.8. The van der Waals surface area contributed by atoms with Crippen molar-refractivity contribution in [1.29, 1.82) is 0 Å². The lowest BCUT2D eigenvalue weighted by Crippen LogP contribution is -1.87. The molecule has 0 N–H and O–H groups in total. The fourth-order valence-corrected chi connectivity index (χ4v) is 5.89. The lowest BCUT2D eigenvalue weighted by atomic mass is 10.0. The highest BCUT2D eigenvalue weighted by molar-refractivity contribution is 6.28. The van der Waals surface area contributed by atoms with E-state index in [1.54, 1.807) is 0 Å². The number of hydrogen-bond acceptors (Lipinski definition) is 0. The van der Waals surface area contributed by atoms with Crippen LogP contribution in [-0.4, -0.2) is 8.97 Å². The molecular formula is C29H18N2. The summed E-state index contributed by atoms with van der Waals surface area (Å²) in [6.07, 6.45) is 0. The van der Waals surface area contributed by atoms with E-state index in [2.05, 4.69) is 107 Å². The van der Waals surface area contributed by atoms with Gasteiger partial charge in [-0.3, -0.25) is 0 Å². The molecule has 0 atom stereocenters. The maximum atomic E-state index is 2.49. The molecular weight excluding hydrogens is 376 g/mol. The van der Waals surface area contributed by atoms with E-state index in [1.165, 1.54) is 70.7 Å². The number of fused-ring (bicyclic) bond motifs is 11. The van der Waals surface area contributed by atoms with Gasteiger partial charge in [-0.05, 0) is 29.7 Å². The van der Waals surface area contributed by atoms with E-state index < -0.39 is 0 Å². The molecule has 0 saturated heterocycles. The van der Waals surface area contributed by atoms with Gasteiger partial charge in [-0.15, -0.1) is 0 Å². The summed E-state index contributed by atoms with van der Waals surface area (Å²) in [5, 5.41) is 10.6. The monoisotopic (exact) mass is 394 g/mol. The molecule has 2 nitrogen and oxygen atoms in total. The number of aromatic nitrogens is 2. The number of rotatable bonds is 0. The molecule has 0 aliphatic carbocycles. The minimum Gasteiger partial charge on any atom is -0.344 e. The second-order valence-corrected chi connectivity index (χ2v) is 8.68. The Labute approximate surface area is 177 Å². The summed E-state index contributed by atoms with van der Waals surface area (Å²) in [6.45, 7) is 0. The molecule has 8 rings (SSSR count). The van der Waals surface area contributed by atoms with Crippen molar-refractivity contribution < 1.29 is 0 Å². The summed E-state index contributed by atoms with van der Waals surface area (Å²) in [5.74, 6) is 0. The average Bonchev–Trinajstić information content (AvgIpc) is 3.43. The van der Waals surface area contributed by atoms with E-state index in [1.807, 2.05) is 0 Å². The van der Waals surface area contributed by atoms with E-state index >= 15 is 0 Å². The zero-order valence-electron chi connectivity index (χ0n) is 17.1. The van der Waals surface area contributed by atoms with Crippen LogP contribution in [0.25, 0.3) is 70.7 Å². The number of para-hydroxylation sites is 3. The molecule has 0 amide bonds. The lowest BCUT2D eigenvalue weighted by molar-refractivity contribution is 1.02. The van der Waals surface area contributed by atoms with Crippen LogP contribution >= 0.6 is 0 Å². The largest absolute Gasteiger partial charge is 0.344 e. The third kappa shape index (κ3) is 1.72. The minimum absolute atomic E-state index is 1.28. The topological polar surface area (TPSA) is 9.34 Å². The molecule has 8 aromatic rings. The van der Waals surface area contributed by atoms with Gasteiger partial charge in [0.15, 0.2) is 0 Å². The van der Waals surface area contributed by atoms with E-state index in [4.69, 9.17) is 0 Å². The Morgan fingerprint density at radius 3 is 1.90 bits per heavy atom. The summed E-state index contributed by atoms with van der Waals surface area (Å²) in [7, 11) is 2.18. The molecule has 0 fully saturated rings. The molecule has 0 radical (unpaired) electrons. The predicted molar refractivity (Wildman–Crippen MR) is 133 cm³/mol. The second-order valence-electron chi connectivity index (χ2n) is 8.68. The van der Waals surface area contributed by atoms with Crippen LogP contribution in [-0.2, 0) is 7.05 Å². The summed E-state index contributed by atoms with van der Waals surface area (Å²) < 4.78 is 4.82. The molecule has 5 aromatic carbocycles. The number of benzene rings is 5. The van der Waals surface area contributed by atoms with Gasteiger partial charge in [0.2, 0.25) is 0 Å². The van der Waals surface area contributed by atoms with Crippen LogP contribution in [0.2, 0.25) is 0 Å². The Balaban J connectivity index is 1.70. The number of nitrogens with zero attached hydrogens (tertiary/aromatic N) is 2. The van der Waals surface area contributed by atoms with Gasteiger partial charge < -0.3 is 8.97 Å². The van der Waals surface area contributed by atoms with Gasteiger partial charge in [-0.25, -0.2) is 0 Å². The van der Waals surface area contributed by atoms with Crippen molar-refractivity contribution in [2.24, 2.45) is 7.05 Å². The van der Waals surface area contributed by atoms with Crippen LogP contribution in [0.1, 0.15) is 0 Å². The molecule has 144 valence electrons. The highest BCUT2D eigenvalue weighted by Gasteiger charge is 2.19. The maximum Gasteiger partial charge on any atom is 0.0620 e. The summed E-state index contributed by atoms with van der Waals surface area (Å²) in [4.78, 5) is 0. The van der Waals surface area contributed by atoms with Gasteiger partial charge in [-0.2, -0.15) is 0 Å². The third-order valence-corrected chi connectivity index (χ3v) is 7.23. The zero-order valence-corrected chi connectivity index (χ0v) is 17.1. The van der Waals surface area contributed by atoms with E-state index in [0.717, 1.165) is 0 Å². The highest BCUT2D eigenvalue weighted by atomic mass is 14.9. The summed E-state index contributed by atoms with van der Waals surface area (Å²) >= 11 is 0. The zero-order chi connectivity index (χ0) is 20.3. The molecule has 0 saturated carbocycles. The van der Waals surface area contributed by atoms with Gasteiger partial charge in [0.1, 0.15) is 0 Å². The van der Waals surface area contributed by atoms with Crippen molar-refractivity contribution in [3.05, 3.63) is 91.0 Å².